The molecule has 0 saturated heterocycles. The van der Waals surface area contributed by atoms with Crippen molar-refractivity contribution in [2.24, 2.45) is 0 Å². The van der Waals surface area contributed by atoms with Crippen molar-refractivity contribution in [1.82, 2.24) is 19.9 Å². The number of aliphatic hydroxyl groups is 1. The maximum absolute atomic E-state index is 9.33. The summed E-state index contributed by atoms with van der Waals surface area (Å²) in [5.41, 5.74) is 1.44. The van der Waals surface area contributed by atoms with Crippen molar-refractivity contribution in [2.45, 2.75) is 19.4 Å². The monoisotopic (exact) mass is 250 g/mol. The van der Waals surface area contributed by atoms with Crippen LogP contribution < -0.4 is 10.2 Å². The SMILES string of the molecule is CNc1nc(N(C)CCC(C)O)c2[nH]cnc2n1. The van der Waals surface area contributed by atoms with Crippen molar-refractivity contribution >= 4 is 22.9 Å². The van der Waals surface area contributed by atoms with Gasteiger partial charge >= 0.3 is 0 Å². The maximum Gasteiger partial charge on any atom is 0.226 e. The van der Waals surface area contributed by atoms with E-state index in [4.69, 9.17) is 0 Å². The van der Waals surface area contributed by atoms with E-state index in [0.717, 1.165) is 11.3 Å². The Balaban J connectivity index is 2.32. The molecule has 98 valence electrons. The minimum atomic E-state index is -0.324. The molecule has 0 saturated carbocycles. The molecular weight excluding hydrogens is 232 g/mol. The van der Waals surface area contributed by atoms with Gasteiger partial charge in [0.15, 0.2) is 11.5 Å². The Hall–Kier alpha value is -1.89. The third kappa shape index (κ3) is 2.51. The second-order valence-electron chi connectivity index (χ2n) is 4.28. The van der Waals surface area contributed by atoms with Crippen molar-refractivity contribution < 1.29 is 5.11 Å². The van der Waals surface area contributed by atoms with Gasteiger partial charge in [0, 0.05) is 20.6 Å². The topological polar surface area (TPSA) is 90.0 Å². The van der Waals surface area contributed by atoms with Gasteiger partial charge in [0.1, 0.15) is 5.52 Å². The molecule has 1 atom stereocenters. The van der Waals surface area contributed by atoms with E-state index in [0.29, 0.717) is 24.6 Å². The zero-order chi connectivity index (χ0) is 13.1. The molecule has 0 aliphatic rings. The Morgan fingerprint density at radius 2 is 2.28 bits per heavy atom. The highest BCUT2D eigenvalue weighted by Gasteiger charge is 2.13. The molecule has 0 aliphatic heterocycles. The van der Waals surface area contributed by atoms with E-state index in [2.05, 4.69) is 25.3 Å². The molecule has 2 rings (SSSR count). The van der Waals surface area contributed by atoms with Crippen molar-refractivity contribution in [3.63, 3.8) is 0 Å². The van der Waals surface area contributed by atoms with Gasteiger partial charge in [0.05, 0.1) is 12.4 Å². The fraction of sp³-hybridized carbons (Fsp3) is 0.545. The number of nitrogens with one attached hydrogen (secondary N) is 2. The summed E-state index contributed by atoms with van der Waals surface area (Å²) in [5.74, 6) is 1.32. The number of anilines is 2. The lowest BCUT2D eigenvalue weighted by Gasteiger charge is -2.19. The first-order chi connectivity index (χ1) is 8.61. The van der Waals surface area contributed by atoms with E-state index in [1.54, 1.807) is 20.3 Å². The van der Waals surface area contributed by atoms with Gasteiger partial charge in [-0.25, -0.2) is 4.98 Å². The Bertz CT molecular complexity index is 523. The highest BCUT2D eigenvalue weighted by Crippen LogP contribution is 2.21. The van der Waals surface area contributed by atoms with E-state index < -0.39 is 0 Å². The highest BCUT2D eigenvalue weighted by atomic mass is 16.3. The smallest absolute Gasteiger partial charge is 0.226 e. The zero-order valence-electron chi connectivity index (χ0n) is 10.8. The number of hydrogen-bond donors (Lipinski definition) is 3. The molecule has 0 bridgehead atoms. The summed E-state index contributed by atoms with van der Waals surface area (Å²) in [6.45, 7) is 2.49. The van der Waals surface area contributed by atoms with Crippen LogP contribution in [0.4, 0.5) is 11.8 Å². The summed E-state index contributed by atoms with van der Waals surface area (Å²) >= 11 is 0. The number of aliphatic hydroxyl groups excluding tert-OH is 1. The molecular formula is C11H18N6O. The van der Waals surface area contributed by atoms with E-state index in [9.17, 15) is 5.11 Å². The third-order valence-corrected chi connectivity index (χ3v) is 2.73. The molecule has 1 unspecified atom stereocenters. The van der Waals surface area contributed by atoms with Crippen LogP contribution in [0, 0.1) is 0 Å². The molecule has 7 heteroatoms. The van der Waals surface area contributed by atoms with E-state index >= 15 is 0 Å². The Morgan fingerprint density at radius 3 is 2.94 bits per heavy atom. The number of rotatable bonds is 5. The number of hydrogen-bond acceptors (Lipinski definition) is 6. The predicted octanol–water partition coefficient (Wildman–Crippen LogP) is 0.602. The van der Waals surface area contributed by atoms with Crippen LogP contribution in [0.2, 0.25) is 0 Å². The number of aromatic nitrogens is 4. The van der Waals surface area contributed by atoms with E-state index in [1.807, 2.05) is 11.9 Å². The summed E-state index contributed by atoms with van der Waals surface area (Å²) in [6.07, 6.45) is 1.96. The fourth-order valence-corrected chi connectivity index (χ4v) is 1.69. The minimum Gasteiger partial charge on any atom is -0.393 e. The molecule has 0 aromatic carbocycles. The van der Waals surface area contributed by atoms with Gasteiger partial charge in [-0.2, -0.15) is 9.97 Å². The van der Waals surface area contributed by atoms with Crippen LogP contribution >= 0.6 is 0 Å². The molecule has 0 radical (unpaired) electrons. The summed E-state index contributed by atoms with van der Waals surface area (Å²) in [4.78, 5) is 17.8. The van der Waals surface area contributed by atoms with Gasteiger partial charge in [0.2, 0.25) is 5.95 Å². The van der Waals surface area contributed by atoms with Gasteiger partial charge in [-0.05, 0) is 13.3 Å². The molecule has 0 aliphatic carbocycles. The average molecular weight is 250 g/mol. The largest absolute Gasteiger partial charge is 0.393 e. The number of nitrogens with zero attached hydrogens (tertiary/aromatic N) is 4. The second kappa shape index (κ2) is 5.18. The zero-order valence-corrected chi connectivity index (χ0v) is 10.8. The molecule has 2 heterocycles. The second-order valence-corrected chi connectivity index (χ2v) is 4.28. The molecule has 7 nitrogen and oxygen atoms in total. The molecule has 0 spiro atoms. The van der Waals surface area contributed by atoms with Gasteiger partial charge < -0.3 is 20.3 Å². The molecule has 0 amide bonds. The summed E-state index contributed by atoms with van der Waals surface area (Å²) < 4.78 is 0. The van der Waals surface area contributed by atoms with Crippen LogP contribution in [-0.2, 0) is 0 Å². The van der Waals surface area contributed by atoms with E-state index in [1.165, 1.54) is 0 Å². The van der Waals surface area contributed by atoms with Gasteiger partial charge in [-0.1, -0.05) is 0 Å². The maximum atomic E-state index is 9.33. The first-order valence-corrected chi connectivity index (χ1v) is 5.90. The number of H-pyrrole nitrogens is 1. The third-order valence-electron chi connectivity index (χ3n) is 2.73. The lowest BCUT2D eigenvalue weighted by molar-refractivity contribution is 0.187. The molecule has 18 heavy (non-hydrogen) atoms. The van der Waals surface area contributed by atoms with Crippen LogP contribution in [0.15, 0.2) is 6.33 Å². The molecule has 3 N–H and O–H groups in total. The highest BCUT2D eigenvalue weighted by molar-refractivity contribution is 5.84. The Kier molecular flexibility index (Phi) is 3.61. The number of fused-ring (bicyclic) bond motifs is 1. The van der Waals surface area contributed by atoms with Crippen molar-refractivity contribution in [1.29, 1.82) is 0 Å². The van der Waals surface area contributed by atoms with E-state index in [-0.39, 0.29) is 6.10 Å². The van der Waals surface area contributed by atoms with Crippen LogP contribution in [0.3, 0.4) is 0 Å². The summed E-state index contributed by atoms with van der Waals surface area (Å²) in [5, 5.41) is 12.2. The standard InChI is InChI=1S/C11H18N6O/c1-7(18)4-5-17(3)10-8-9(14-6-13-8)15-11(12-2)16-10/h6-7,18H,4-5H2,1-3H3,(H2,12,13,14,15,16). The quantitative estimate of drug-likeness (QED) is 0.720. The Labute approximate surface area is 105 Å². The number of aromatic amines is 1. The van der Waals surface area contributed by atoms with Crippen molar-refractivity contribution in [2.75, 3.05) is 30.9 Å². The van der Waals surface area contributed by atoms with Crippen LogP contribution in [-0.4, -0.2) is 51.8 Å². The summed E-state index contributed by atoms with van der Waals surface area (Å²) in [6, 6.07) is 0. The lowest BCUT2D eigenvalue weighted by atomic mass is 10.3. The average Bonchev–Trinajstić information content (AvgIpc) is 2.82. The van der Waals surface area contributed by atoms with Crippen molar-refractivity contribution in [3.8, 4) is 0 Å². The number of imidazole rings is 1. The molecule has 0 fully saturated rings. The minimum absolute atomic E-state index is 0.324. The van der Waals surface area contributed by atoms with Gasteiger partial charge in [-0.15, -0.1) is 0 Å². The Morgan fingerprint density at radius 1 is 1.50 bits per heavy atom. The first kappa shape index (κ1) is 12.6. The van der Waals surface area contributed by atoms with Gasteiger partial charge in [-0.3, -0.25) is 0 Å². The van der Waals surface area contributed by atoms with Gasteiger partial charge in [0.25, 0.3) is 0 Å². The van der Waals surface area contributed by atoms with Crippen LogP contribution in [0.5, 0.6) is 0 Å². The normalized spacial score (nSPS) is 12.7. The predicted molar refractivity (Wildman–Crippen MR) is 70.8 cm³/mol. The van der Waals surface area contributed by atoms with Crippen LogP contribution in [0.25, 0.3) is 11.2 Å². The summed E-state index contributed by atoms with van der Waals surface area (Å²) in [7, 11) is 3.71. The van der Waals surface area contributed by atoms with Crippen LogP contribution in [0.1, 0.15) is 13.3 Å². The van der Waals surface area contributed by atoms with Crippen molar-refractivity contribution in [3.05, 3.63) is 6.33 Å². The molecule has 2 aromatic heterocycles. The first-order valence-electron chi connectivity index (χ1n) is 5.90. The lowest BCUT2D eigenvalue weighted by Crippen LogP contribution is -2.23. The fourth-order valence-electron chi connectivity index (χ4n) is 1.69. The molecule has 2 aromatic rings.